The van der Waals surface area contributed by atoms with Crippen LogP contribution in [-0.2, 0) is 27.5 Å². The Morgan fingerprint density at radius 2 is 2.14 bits per heavy atom. The predicted molar refractivity (Wildman–Crippen MR) is 127 cm³/mol. The van der Waals surface area contributed by atoms with E-state index in [-0.39, 0.29) is 41.1 Å². The van der Waals surface area contributed by atoms with Crippen molar-refractivity contribution in [2.24, 2.45) is 11.8 Å². The Morgan fingerprint density at radius 3 is 2.83 bits per heavy atom. The smallest absolute Gasteiger partial charge is 0.356 e. The minimum Gasteiger partial charge on any atom is -0.456 e. The Kier molecular flexibility index (Phi) is 6.32. The third-order valence-electron chi connectivity index (χ3n) is 6.49. The van der Waals surface area contributed by atoms with Gasteiger partial charge in [0.25, 0.3) is 5.69 Å². The summed E-state index contributed by atoms with van der Waals surface area (Å²) in [5, 5.41) is 30.1. The summed E-state index contributed by atoms with van der Waals surface area (Å²) in [5.74, 6) is -0.819. The summed E-state index contributed by atoms with van der Waals surface area (Å²) in [6.45, 7) is 4.16. The van der Waals surface area contributed by atoms with Crippen molar-refractivity contribution in [3.05, 3.63) is 56.9 Å². The zero-order valence-electron chi connectivity index (χ0n) is 18.9. The van der Waals surface area contributed by atoms with Gasteiger partial charge in [-0.3, -0.25) is 14.9 Å². The van der Waals surface area contributed by atoms with Crippen molar-refractivity contribution < 1.29 is 24.4 Å². The lowest BCUT2D eigenvalue weighted by atomic mass is 9.79. The monoisotopic (exact) mass is 517 g/mol. The normalized spacial score (nSPS) is 26.1. The summed E-state index contributed by atoms with van der Waals surface area (Å²) in [6, 6.07) is 5.47. The second kappa shape index (κ2) is 9.28. The van der Waals surface area contributed by atoms with Crippen molar-refractivity contribution in [3.63, 3.8) is 0 Å². The van der Waals surface area contributed by atoms with Crippen molar-refractivity contribution in [2.75, 3.05) is 5.75 Å². The van der Waals surface area contributed by atoms with Crippen LogP contribution in [0.2, 0.25) is 0 Å². The molecular weight excluding hydrogens is 494 g/mol. The number of nitro benzene ring substituents is 1. The van der Waals surface area contributed by atoms with Crippen molar-refractivity contribution in [1.82, 2.24) is 19.7 Å². The van der Waals surface area contributed by atoms with Gasteiger partial charge in [-0.1, -0.05) is 18.7 Å². The maximum Gasteiger partial charge on any atom is 0.356 e. The molecule has 11 nitrogen and oxygen atoms in total. The van der Waals surface area contributed by atoms with Crippen molar-refractivity contribution in [3.8, 4) is 0 Å². The van der Waals surface area contributed by atoms with Gasteiger partial charge < -0.3 is 19.3 Å². The largest absolute Gasteiger partial charge is 0.456 e. The second-order valence-corrected chi connectivity index (χ2v) is 11.1. The quantitative estimate of drug-likeness (QED) is 0.251. The Morgan fingerprint density at radius 1 is 1.40 bits per heavy atom. The van der Waals surface area contributed by atoms with Crippen LogP contribution < -0.4 is 0 Å². The number of aliphatic hydroxyl groups excluding tert-OH is 1. The maximum atomic E-state index is 13.3. The Hall–Kier alpha value is -2.90. The van der Waals surface area contributed by atoms with Crippen LogP contribution in [0, 0.1) is 22.0 Å². The molecule has 5 atom stereocenters. The SMILES string of the molecule is C[C@@H](O)[C@H]1C(=O)N2C(C(=O)OCc3ccc([N+](=O)[O-])cc3)=C(SC3CSc4nncn4C3)[C@H](C)[C@H]12. The third-order valence-corrected chi connectivity index (χ3v) is 9.31. The van der Waals surface area contributed by atoms with Crippen molar-refractivity contribution in [1.29, 1.82) is 0 Å². The highest BCUT2D eigenvalue weighted by Gasteiger charge is 2.60. The van der Waals surface area contributed by atoms with E-state index in [9.17, 15) is 24.8 Å². The Bertz CT molecular complexity index is 1210. The van der Waals surface area contributed by atoms with Gasteiger partial charge >= 0.3 is 5.97 Å². The molecule has 1 aromatic carbocycles. The van der Waals surface area contributed by atoms with Gasteiger partial charge in [0.1, 0.15) is 18.6 Å². The summed E-state index contributed by atoms with van der Waals surface area (Å²) in [4.78, 5) is 38.8. The molecule has 184 valence electrons. The van der Waals surface area contributed by atoms with E-state index < -0.39 is 22.9 Å². The first-order valence-corrected chi connectivity index (χ1v) is 13.0. The number of β-lactam (4-membered cyclic amide) rings is 1. The zero-order valence-corrected chi connectivity index (χ0v) is 20.6. The van der Waals surface area contributed by atoms with Crippen molar-refractivity contribution >= 4 is 41.1 Å². The number of thioether (sulfide) groups is 2. The number of benzene rings is 1. The molecule has 5 rings (SSSR count). The summed E-state index contributed by atoms with van der Waals surface area (Å²) in [6.07, 6.45) is 0.860. The summed E-state index contributed by atoms with van der Waals surface area (Å²) >= 11 is 3.15. The minimum absolute atomic E-state index is 0.0501. The first-order chi connectivity index (χ1) is 16.8. The van der Waals surface area contributed by atoms with Crippen LogP contribution in [0.3, 0.4) is 0 Å². The van der Waals surface area contributed by atoms with E-state index in [4.69, 9.17) is 4.74 Å². The zero-order chi connectivity index (χ0) is 24.9. The third kappa shape index (κ3) is 4.21. The fraction of sp³-hybridized carbons (Fsp3) is 0.455. The molecule has 1 amide bonds. The highest BCUT2D eigenvalue weighted by atomic mass is 32.2. The molecule has 0 aliphatic carbocycles. The number of carbonyl (C=O) groups is 2. The van der Waals surface area contributed by atoms with Gasteiger partial charge in [0, 0.05) is 40.5 Å². The fourth-order valence-electron chi connectivity index (χ4n) is 4.77. The van der Waals surface area contributed by atoms with E-state index in [2.05, 4.69) is 10.2 Å². The highest BCUT2D eigenvalue weighted by molar-refractivity contribution is 8.05. The molecule has 0 saturated carbocycles. The highest BCUT2D eigenvalue weighted by Crippen LogP contribution is 2.52. The number of hydrogen-bond donors (Lipinski definition) is 1. The number of hydrogen-bond acceptors (Lipinski definition) is 10. The van der Waals surface area contributed by atoms with Gasteiger partial charge in [-0.2, -0.15) is 0 Å². The molecule has 0 bridgehead atoms. The van der Waals surface area contributed by atoms with Crippen LogP contribution in [0.1, 0.15) is 19.4 Å². The number of aliphatic hydroxyl groups is 1. The molecular formula is C22H23N5O6S2. The molecule has 0 radical (unpaired) electrons. The first kappa shape index (κ1) is 23.8. The van der Waals surface area contributed by atoms with E-state index in [1.165, 1.54) is 29.2 Å². The number of rotatable bonds is 7. The Balaban J connectivity index is 1.37. The van der Waals surface area contributed by atoms with Gasteiger partial charge in [0.15, 0.2) is 5.16 Å². The van der Waals surface area contributed by atoms with E-state index in [1.807, 2.05) is 11.5 Å². The lowest BCUT2D eigenvalue weighted by Gasteiger charge is -2.46. The minimum atomic E-state index is -0.822. The average Bonchev–Trinajstić information content (AvgIpc) is 3.38. The predicted octanol–water partition coefficient (Wildman–Crippen LogP) is 2.21. The molecule has 13 heteroatoms. The van der Waals surface area contributed by atoms with E-state index in [0.29, 0.717) is 12.1 Å². The van der Waals surface area contributed by atoms with Gasteiger partial charge in [-0.05, 0) is 24.6 Å². The second-order valence-electron chi connectivity index (χ2n) is 8.78. The summed E-state index contributed by atoms with van der Waals surface area (Å²) in [7, 11) is 0. The maximum absolute atomic E-state index is 13.3. The summed E-state index contributed by atoms with van der Waals surface area (Å²) < 4.78 is 7.52. The van der Waals surface area contributed by atoms with Crippen LogP contribution in [0.5, 0.6) is 0 Å². The summed E-state index contributed by atoms with van der Waals surface area (Å²) in [5.41, 5.74) is 0.781. The topological polar surface area (TPSA) is 141 Å². The lowest BCUT2D eigenvalue weighted by molar-refractivity contribution is -0.384. The van der Waals surface area contributed by atoms with Crippen LogP contribution in [-0.4, -0.2) is 64.7 Å². The lowest BCUT2D eigenvalue weighted by Crippen LogP contribution is -2.63. The molecule has 1 aromatic heterocycles. The van der Waals surface area contributed by atoms with E-state index in [0.717, 1.165) is 15.8 Å². The fourth-order valence-corrected chi connectivity index (χ4v) is 7.32. The van der Waals surface area contributed by atoms with Crippen LogP contribution in [0.4, 0.5) is 5.69 Å². The number of nitrogens with zero attached hydrogens (tertiary/aromatic N) is 5. The molecule has 3 aliphatic rings. The first-order valence-electron chi connectivity index (χ1n) is 11.1. The number of aromatic nitrogens is 3. The number of nitro groups is 1. The molecule has 35 heavy (non-hydrogen) atoms. The van der Waals surface area contributed by atoms with E-state index in [1.54, 1.807) is 36.8 Å². The van der Waals surface area contributed by atoms with Gasteiger partial charge in [0.05, 0.1) is 23.0 Å². The molecule has 1 N–H and O–H groups in total. The molecule has 0 spiro atoms. The number of fused-ring (bicyclic) bond motifs is 2. The number of carbonyl (C=O) groups excluding carboxylic acids is 2. The Labute approximate surface area is 209 Å². The van der Waals surface area contributed by atoms with Crippen LogP contribution >= 0.6 is 23.5 Å². The molecule has 1 fully saturated rings. The number of esters is 1. The molecule has 4 heterocycles. The van der Waals surface area contributed by atoms with Crippen LogP contribution in [0.25, 0.3) is 0 Å². The average molecular weight is 518 g/mol. The molecule has 1 saturated heterocycles. The van der Waals surface area contributed by atoms with E-state index >= 15 is 0 Å². The molecule has 2 aromatic rings. The van der Waals surface area contributed by atoms with Crippen LogP contribution in [0.15, 0.2) is 46.4 Å². The molecule has 3 aliphatic heterocycles. The van der Waals surface area contributed by atoms with Gasteiger partial charge in [0.2, 0.25) is 5.91 Å². The molecule has 1 unspecified atom stereocenters. The van der Waals surface area contributed by atoms with Gasteiger partial charge in [-0.15, -0.1) is 22.0 Å². The number of non-ortho nitro benzene ring substituents is 1. The van der Waals surface area contributed by atoms with Crippen molar-refractivity contribution in [2.45, 2.75) is 49.6 Å². The van der Waals surface area contributed by atoms with Gasteiger partial charge in [-0.25, -0.2) is 4.79 Å². The number of amides is 1. The standard InChI is InChI=1S/C22H23N5O6S2/c1-11-17-16(12(2)28)20(29)26(17)18(19(11)35-15-7-25-10-23-24-22(25)34-9-15)21(30)33-8-13-3-5-14(6-4-13)27(31)32/h3-6,10-12,15-17,28H,7-9H2,1-2H3/t11-,12-,15?,16-,17-/m1/s1. The number of ether oxygens (including phenoxy) is 1.